The molecule has 0 aliphatic rings. The maximum Gasteiger partial charge on any atom is 0.119 e. The topological polar surface area (TPSA) is 53.1 Å². The molecule has 0 saturated carbocycles. The van der Waals surface area contributed by atoms with Crippen molar-refractivity contribution in [3.05, 3.63) is 47.8 Å². The minimum absolute atomic E-state index is 0.387. The molecule has 5 heteroatoms. The molecule has 0 spiro atoms. The van der Waals surface area contributed by atoms with Gasteiger partial charge < -0.3 is 10.5 Å². The first kappa shape index (κ1) is 13.5. The van der Waals surface area contributed by atoms with E-state index in [1.54, 1.807) is 0 Å². The fourth-order valence-corrected chi connectivity index (χ4v) is 1.90. The Hall–Kier alpha value is -1.88. The van der Waals surface area contributed by atoms with Crippen molar-refractivity contribution in [3.63, 3.8) is 0 Å². The molecule has 1 aromatic heterocycles. The van der Waals surface area contributed by atoms with Crippen LogP contribution in [0.2, 0.25) is 0 Å². The average molecular weight is 275 g/mol. The molecule has 19 heavy (non-hydrogen) atoms. The van der Waals surface area contributed by atoms with Gasteiger partial charge in [0.25, 0.3) is 0 Å². The molecule has 0 aliphatic carbocycles. The van der Waals surface area contributed by atoms with Gasteiger partial charge in [-0.2, -0.15) is 5.10 Å². The quantitative estimate of drug-likeness (QED) is 0.649. The van der Waals surface area contributed by atoms with E-state index in [0.29, 0.717) is 11.6 Å². The Bertz CT molecular complexity index is 565. The summed E-state index contributed by atoms with van der Waals surface area (Å²) in [4.78, 5) is 0.387. The van der Waals surface area contributed by atoms with Crippen LogP contribution in [0.1, 0.15) is 17.7 Å². The highest BCUT2D eigenvalue weighted by Crippen LogP contribution is 2.13. The van der Waals surface area contributed by atoms with E-state index in [2.05, 4.69) is 5.10 Å². The van der Waals surface area contributed by atoms with Crippen LogP contribution in [0.5, 0.6) is 5.75 Å². The van der Waals surface area contributed by atoms with E-state index >= 15 is 0 Å². The second-order valence-electron chi connectivity index (χ2n) is 4.29. The van der Waals surface area contributed by atoms with Crippen molar-refractivity contribution in [2.75, 3.05) is 6.61 Å². The molecule has 0 amide bonds. The first-order valence-corrected chi connectivity index (χ1v) is 6.59. The Labute approximate surface area is 118 Å². The van der Waals surface area contributed by atoms with E-state index in [-0.39, 0.29) is 0 Å². The van der Waals surface area contributed by atoms with Gasteiger partial charge in [-0.1, -0.05) is 24.4 Å². The first-order chi connectivity index (χ1) is 9.16. The van der Waals surface area contributed by atoms with E-state index < -0.39 is 0 Å². The number of aryl methyl sites for hydroxylation is 2. The van der Waals surface area contributed by atoms with Gasteiger partial charge in [0.1, 0.15) is 10.7 Å². The molecule has 1 aromatic carbocycles. The lowest BCUT2D eigenvalue weighted by Crippen LogP contribution is -2.10. The predicted octanol–water partition coefficient (Wildman–Crippen LogP) is 2.29. The summed E-state index contributed by atoms with van der Waals surface area (Å²) in [6.07, 6.45) is 2.71. The molecule has 100 valence electrons. The van der Waals surface area contributed by atoms with E-state index in [1.165, 1.54) is 0 Å². The van der Waals surface area contributed by atoms with Crippen LogP contribution in [0.3, 0.4) is 0 Å². The van der Waals surface area contributed by atoms with Gasteiger partial charge in [-0.05, 0) is 25.1 Å². The van der Waals surface area contributed by atoms with E-state index in [4.69, 9.17) is 22.7 Å². The zero-order valence-electron chi connectivity index (χ0n) is 10.9. The maximum atomic E-state index is 5.68. The molecule has 1 heterocycles. The molecule has 0 saturated heterocycles. The summed E-state index contributed by atoms with van der Waals surface area (Å²) in [5, 5.41) is 4.23. The van der Waals surface area contributed by atoms with Crippen LogP contribution in [0, 0.1) is 6.92 Å². The largest absolute Gasteiger partial charge is 0.494 e. The molecule has 0 bridgehead atoms. The van der Waals surface area contributed by atoms with Gasteiger partial charge in [0.05, 0.1) is 6.61 Å². The van der Waals surface area contributed by atoms with Gasteiger partial charge >= 0.3 is 0 Å². The summed E-state index contributed by atoms with van der Waals surface area (Å²) in [6.45, 7) is 3.54. The fourth-order valence-electron chi connectivity index (χ4n) is 1.78. The normalized spacial score (nSPS) is 10.4. The summed E-state index contributed by atoms with van der Waals surface area (Å²) in [7, 11) is 0. The van der Waals surface area contributed by atoms with Gasteiger partial charge in [-0.25, -0.2) is 0 Å². The lowest BCUT2D eigenvalue weighted by molar-refractivity contribution is 0.298. The van der Waals surface area contributed by atoms with Crippen LogP contribution < -0.4 is 10.5 Å². The summed E-state index contributed by atoms with van der Waals surface area (Å²) in [5.41, 5.74) is 7.57. The lowest BCUT2D eigenvalue weighted by Gasteiger charge is -2.08. The number of thiocarbonyl (C=S) groups is 1. The van der Waals surface area contributed by atoms with Crippen molar-refractivity contribution in [2.24, 2.45) is 5.73 Å². The van der Waals surface area contributed by atoms with Crippen LogP contribution in [0.15, 0.2) is 36.5 Å². The number of rotatable bonds is 6. The van der Waals surface area contributed by atoms with E-state index in [1.807, 2.05) is 48.1 Å². The number of hydrogen-bond donors (Lipinski definition) is 1. The molecule has 0 fully saturated rings. The Morgan fingerprint density at radius 1 is 1.42 bits per heavy atom. The van der Waals surface area contributed by atoms with Crippen molar-refractivity contribution in [3.8, 4) is 5.75 Å². The Morgan fingerprint density at radius 3 is 2.95 bits per heavy atom. The number of aromatic nitrogens is 2. The summed E-state index contributed by atoms with van der Waals surface area (Å²) in [6, 6.07) is 9.53. The maximum absolute atomic E-state index is 5.68. The Balaban J connectivity index is 1.81. The van der Waals surface area contributed by atoms with E-state index in [9.17, 15) is 0 Å². The molecule has 0 unspecified atom stereocenters. The van der Waals surface area contributed by atoms with Crippen molar-refractivity contribution in [2.45, 2.75) is 19.9 Å². The minimum Gasteiger partial charge on any atom is -0.494 e. The molecule has 0 atom stereocenters. The minimum atomic E-state index is 0.387. The van der Waals surface area contributed by atoms with Gasteiger partial charge in [-0.15, -0.1) is 0 Å². The number of nitrogens with zero attached hydrogens (tertiary/aromatic N) is 2. The monoisotopic (exact) mass is 275 g/mol. The number of benzene rings is 1. The molecule has 0 aliphatic heterocycles. The highest BCUT2D eigenvalue weighted by molar-refractivity contribution is 7.80. The smallest absolute Gasteiger partial charge is 0.119 e. The molecular weight excluding hydrogens is 258 g/mol. The Morgan fingerprint density at radius 2 is 2.26 bits per heavy atom. The third kappa shape index (κ3) is 3.79. The predicted molar refractivity (Wildman–Crippen MR) is 79.4 cm³/mol. The van der Waals surface area contributed by atoms with Crippen LogP contribution in [-0.2, 0) is 6.54 Å². The van der Waals surface area contributed by atoms with Crippen molar-refractivity contribution < 1.29 is 4.74 Å². The van der Waals surface area contributed by atoms with Crippen LogP contribution in [-0.4, -0.2) is 21.4 Å². The highest BCUT2D eigenvalue weighted by Gasteiger charge is 2.00. The highest BCUT2D eigenvalue weighted by atomic mass is 32.1. The lowest BCUT2D eigenvalue weighted by atomic mass is 10.2. The zero-order chi connectivity index (χ0) is 13.7. The third-order valence-electron chi connectivity index (χ3n) is 2.83. The standard InChI is InChI=1S/C14H17N3OS/c1-11-6-7-16-17(11)8-3-9-18-13-5-2-4-12(10-13)14(15)19/h2,4-7,10H,3,8-9H2,1H3,(H2,15,19). The molecule has 0 radical (unpaired) electrons. The van der Waals surface area contributed by atoms with E-state index in [0.717, 1.165) is 30.0 Å². The van der Waals surface area contributed by atoms with Gasteiger partial charge in [0, 0.05) is 30.4 Å². The summed E-state index contributed by atoms with van der Waals surface area (Å²) < 4.78 is 7.65. The first-order valence-electron chi connectivity index (χ1n) is 6.18. The molecule has 2 N–H and O–H groups in total. The zero-order valence-corrected chi connectivity index (χ0v) is 11.7. The summed E-state index contributed by atoms with van der Waals surface area (Å²) in [5.74, 6) is 0.794. The van der Waals surface area contributed by atoms with Gasteiger partial charge in [0.2, 0.25) is 0 Å². The van der Waals surface area contributed by atoms with Crippen molar-refractivity contribution in [1.82, 2.24) is 9.78 Å². The molecular formula is C14H17N3OS. The third-order valence-corrected chi connectivity index (χ3v) is 3.07. The average Bonchev–Trinajstić information content (AvgIpc) is 2.81. The van der Waals surface area contributed by atoms with Gasteiger partial charge in [-0.3, -0.25) is 4.68 Å². The second kappa shape index (κ2) is 6.33. The molecule has 2 rings (SSSR count). The number of hydrogen-bond acceptors (Lipinski definition) is 3. The van der Waals surface area contributed by atoms with Crippen molar-refractivity contribution >= 4 is 17.2 Å². The molecule has 2 aromatic rings. The SMILES string of the molecule is Cc1ccnn1CCCOc1cccc(C(N)=S)c1. The van der Waals surface area contributed by atoms with Crippen LogP contribution in [0.4, 0.5) is 0 Å². The number of ether oxygens (including phenoxy) is 1. The van der Waals surface area contributed by atoms with Crippen LogP contribution in [0.25, 0.3) is 0 Å². The Kier molecular flexibility index (Phi) is 4.52. The number of nitrogens with two attached hydrogens (primary N) is 1. The van der Waals surface area contributed by atoms with Crippen molar-refractivity contribution in [1.29, 1.82) is 0 Å². The molecule has 4 nitrogen and oxygen atoms in total. The van der Waals surface area contributed by atoms with Crippen LogP contribution >= 0.6 is 12.2 Å². The second-order valence-corrected chi connectivity index (χ2v) is 4.73. The van der Waals surface area contributed by atoms with Gasteiger partial charge in [0.15, 0.2) is 0 Å². The summed E-state index contributed by atoms with van der Waals surface area (Å²) >= 11 is 4.94. The fraction of sp³-hybridized carbons (Fsp3) is 0.286.